The van der Waals surface area contributed by atoms with E-state index in [-0.39, 0.29) is 13.0 Å². The Morgan fingerprint density at radius 1 is 1.38 bits per heavy atom. The van der Waals surface area contributed by atoms with E-state index in [1.54, 1.807) is 13.8 Å². The highest BCUT2D eigenvalue weighted by atomic mass is 16.3. The SMILES string of the molecule is [B]C(C)(CO)C[C@](C)(O)C(O)CC. The highest BCUT2D eigenvalue weighted by Gasteiger charge is 2.34. The summed E-state index contributed by atoms with van der Waals surface area (Å²) in [5.41, 5.74) is -1.24. The smallest absolute Gasteiger partial charge is 0.0876 e. The fourth-order valence-corrected chi connectivity index (χ4v) is 1.43. The highest BCUT2D eigenvalue weighted by molar-refractivity contribution is 6.15. The van der Waals surface area contributed by atoms with Gasteiger partial charge in [-0.2, -0.15) is 0 Å². The number of hydrogen-bond acceptors (Lipinski definition) is 3. The van der Waals surface area contributed by atoms with Crippen LogP contribution in [0.15, 0.2) is 0 Å². The van der Waals surface area contributed by atoms with E-state index in [0.29, 0.717) is 6.42 Å². The molecule has 0 fully saturated rings. The van der Waals surface area contributed by atoms with Gasteiger partial charge in [-0.1, -0.05) is 13.8 Å². The summed E-state index contributed by atoms with van der Waals surface area (Å²) in [4.78, 5) is 0. The van der Waals surface area contributed by atoms with Crippen molar-refractivity contribution in [1.82, 2.24) is 0 Å². The fraction of sp³-hybridized carbons (Fsp3) is 1.00. The number of aliphatic hydroxyl groups is 3. The largest absolute Gasteiger partial charge is 0.397 e. The van der Waals surface area contributed by atoms with E-state index >= 15 is 0 Å². The topological polar surface area (TPSA) is 60.7 Å². The minimum Gasteiger partial charge on any atom is -0.397 e. The van der Waals surface area contributed by atoms with Crippen LogP contribution in [0.3, 0.4) is 0 Å². The van der Waals surface area contributed by atoms with Gasteiger partial charge in [0.2, 0.25) is 0 Å². The molecule has 0 bridgehead atoms. The van der Waals surface area contributed by atoms with Crippen molar-refractivity contribution in [2.24, 2.45) is 0 Å². The molecule has 4 heteroatoms. The van der Waals surface area contributed by atoms with E-state index in [9.17, 15) is 10.2 Å². The Morgan fingerprint density at radius 2 is 1.85 bits per heavy atom. The molecule has 0 aliphatic rings. The molecule has 76 valence electrons. The maximum Gasteiger partial charge on any atom is 0.0876 e. The molecule has 0 heterocycles. The normalized spacial score (nSPS) is 23.2. The molecular weight excluding hydrogens is 167 g/mol. The molecular formula is C9H19BO3. The molecule has 0 spiro atoms. The van der Waals surface area contributed by atoms with Gasteiger partial charge in [-0.15, -0.1) is 0 Å². The molecule has 3 atom stereocenters. The van der Waals surface area contributed by atoms with Gasteiger partial charge in [-0.3, -0.25) is 0 Å². The molecule has 0 aromatic carbocycles. The zero-order chi connectivity index (χ0) is 10.7. The lowest BCUT2D eigenvalue weighted by atomic mass is 9.64. The number of aliphatic hydroxyl groups excluding tert-OH is 2. The van der Waals surface area contributed by atoms with Crippen molar-refractivity contribution >= 4 is 7.85 Å². The van der Waals surface area contributed by atoms with Gasteiger partial charge in [0.1, 0.15) is 0 Å². The molecule has 0 amide bonds. The van der Waals surface area contributed by atoms with Crippen molar-refractivity contribution in [3.8, 4) is 0 Å². The van der Waals surface area contributed by atoms with Crippen molar-refractivity contribution in [3.63, 3.8) is 0 Å². The first-order chi connectivity index (χ1) is 5.75. The predicted octanol–water partition coefficient (Wildman–Crippen LogP) is 0.238. The number of rotatable bonds is 5. The van der Waals surface area contributed by atoms with Gasteiger partial charge in [0.05, 0.1) is 19.6 Å². The average molecular weight is 186 g/mol. The van der Waals surface area contributed by atoms with Gasteiger partial charge in [-0.25, -0.2) is 0 Å². The van der Waals surface area contributed by atoms with Crippen LogP contribution in [-0.2, 0) is 0 Å². The summed E-state index contributed by atoms with van der Waals surface area (Å²) in [5.74, 6) is 0. The van der Waals surface area contributed by atoms with Crippen LogP contribution >= 0.6 is 0 Å². The van der Waals surface area contributed by atoms with Crippen LogP contribution in [0.5, 0.6) is 0 Å². The van der Waals surface area contributed by atoms with Gasteiger partial charge < -0.3 is 15.3 Å². The zero-order valence-electron chi connectivity index (χ0n) is 8.62. The van der Waals surface area contributed by atoms with Crippen molar-refractivity contribution in [3.05, 3.63) is 0 Å². The lowest BCUT2D eigenvalue weighted by molar-refractivity contribution is -0.0769. The first-order valence-electron chi connectivity index (χ1n) is 4.55. The Kier molecular flexibility index (Phi) is 4.42. The van der Waals surface area contributed by atoms with E-state index < -0.39 is 17.0 Å². The summed E-state index contributed by atoms with van der Waals surface area (Å²) in [6.45, 7) is 4.75. The third-order valence-corrected chi connectivity index (χ3v) is 2.23. The Hall–Kier alpha value is -0.0551. The molecule has 0 aromatic heterocycles. The fourth-order valence-electron chi connectivity index (χ4n) is 1.43. The van der Waals surface area contributed by atoms with Crippen molar-refractivity contribution in [2.75, 3.05) is 6.61 Å². The highest BCUT2D eigenvalue weighted by Crippen LogP contribution is 2.33. The van der Waals surface area contributed by atoms with Gasteiger partial charge in [0.15, 0.2) is 0 Å². The molecule has 13 heavy (non-hydrogen) atoms. The summed E-state index contributed by atoms with van der Waals surface area (Å²) < 4.78 is 0. The summed E-state index contributed by atoms with van der Waals surface area (Å²) in [6, 6.07) is 0. The molecule has 0 aliphatic carbocycles. The summed E-state index contributed by atoms with van der Waals surface area (Å²) in [6.07, 6.45) is -0.165. The maximum atomic E-state index is 9.81. The molecule has 0 aliphatic heterocycles. The molecule has 0 saturated carbocycles. The molecule has 2 unspecified atom stereocenters. The zero-order valence-corrected chi connectivity index (χ0v) is 8.62. The Balaban J connectivity index is 4.32. The minimum absolute atomic E-state index is 0.172. The monoisotopic (exact) mass is 186 g/mol. The van der Waals surface area contributed by atoms with Crippen LogP contribution in [0.4, 0.5) is 0 Å². The lowest BCUT2D eigenvalue weighted by Gasteiger charge is -2.35. The molecule has 2 radical (unpaired) electrons. The van der Waals surface area contributed by atoms with Crippen LogP contribution < -0.4 is 0 Å². The first kappa shape index (κ1) is 12.9. The average Bonchev–Trinajstić information content (AvgIpc) is 2.01. The maximum absolute atomic E-state index is 9.81. The van der Waals surface area contributed by atoms with E-state index in [4.69, 9.17) is 13.0 Å². The van der Waals surface area contributed by atoms with Crippen LogP contribution in [0.25, 0.3) is 0 Å². The van der Waals surface area contributed by atoms with Crippen molar-refractivity contribution in [2.45, 2.75) is 50.6 Å². The summed E-state index contributed by atoms with van der Waals surface area (Å²) >= 11 is 0. The summed E-state index contributed by atoms with van der Waals surface area (Å²) in [5, 5.41) is 27.3. The molecule has 3 nitrogen and oxygen atoms in total. The van der Waals surface area contributed by atoms with Gasteiger partial charge in [0.25, 0.3) is 0 Å². The lowest BCUT2D eigenvalue weighted by Crippen LogP contribution is -2.42. The predicted molar refractivity (Wildman–Crippen MR) is 52.7 cm³/mol. The van der Waals surface area contributed by atoms with E-state index in [1.165, 1.54) is 6.92 Å². The van der Waals surface area contributed by atoms with Crippen LogP contribution in [0.1, 0.15) is 33.6 Å². The Labute approximate surface area is 81.2 Å². The van der Waals surface area contributed by atoms with Crippen LogP contribution in [-0.4, -0.2) is 41.5 Å². The standard InChI is InChI=1S/C9H19BO3/c1-4-7(12)9(3,13)5-8(2,10)6-11/h7,11-13H,4-6H2,1-3H3/t7?,8?,9-/m0/s1. The third-order valence-electron chi connectivity index (χ3n) is 2.23. The van der Waals surface area contributed by atoms with Crippen molar-refractivity contribution < 1.29 is 15.3 Å². The Morgan fingerprint density at radius 3 is 2.15 bits per heavy atom. The van der Waals surface area contributed by atoms with Gasteiger partial charge in [0, 0.05) is 6.61 Å². The number of hydrogen-bond donors (Lipinski definition) is 3. The molecule has 3 N–H and O–H groups in total. The molecule has 0 rings (SSSR count). The van der Waals surface area contributed by atoms with E-state index in [2.05, 4.69) is 0 Å². The quantitative estimate of drug-likeness (QED) is 0.539. The summed E-state index contributed by atoms with van der Waals surface area (Å²) in [7, 11) is 5.67. The van der Waals surface area contributed by atoms with Crippen molar-refractivity contribution in [1.29, 1.82) is 0 Å². The van der Waals surface area contributed by atoms with Gasteiger partial charge in [-0.05, 0) is 25.1 Å². The van der Waals surface area contributed by atoms with E-state index in [0.717, 1.165) is 0 Å². The first-order valence-corrected chi connectivity index (χ1v) is 4.55. The second-order valence-electron chi connectivity index (χ2n) is 4.27. The minimum atomic E-state index is -1.24. The van der Waals surface area contributed by atoms with Crippen LogP contribution in [0.2, 0.25) is 5.31 Å². The second kappa shape index (κ2) is 4.44. The Bertz CT molecular complexity index is 157. The molecule has 0 saturated heterocycles. The molecule has 0 aromatic rings. The second-order valence-corrected chi connectivity index (χ2v) is 4.27. The third kappa shape index (κ3) is 4.11. The van der Waals surface area contributed by atoms with E-state index in [1.807, 2.05) is 0 Å². The van der Waals surface area contributed by atoms with Gasteiger partial charge >= 0.3 is 0 Å². The van der Waals surface area contributed by atoms with Crippen LogP contribution in [0, 0.1) is 0 Å².